The van der Waals surface area contributed by atoms with Crippen molar-refractivity contribution in [3.8, 4) is 0 Å². The largest absolute Gasteiger partial charge is 0.392 e. The highest BCUT2D eigenvalue weighted by Gasteiger charge is 2.30. The predicted molar refractivity (Wildman–Crippen MR) is 84.4 cm³/mol. The van der Waals surface area contributed by atoms with Crippen molar-refractivity contribution in [2.24, 2.45) is 0 Å². The monoisotopic (exact) mass is 304 g/mol. The van der Waals surface area contributed by atoms with Gasteiger partial charge in [-0.05, 0) is 44.4 Å². The molecule has 2 fully saturated rings. The molecule has 2 aliphatic rings. The van der Waals surface area contributed by atoms with Gasteiger partial charge >= 0.3 is 0 Å². The summed E-state index contributed by atoms with van der Waals surface area (Å²) < 4.78 is 0. The first-order valence-corrected chi connectivity index (χ1v) is 8.07. The summed E-state index contributed by atoms with van der Waals surface area (Å²) in [5.41, 5.74) is 6.07. The quantitative estimate of drug-likeness (QED) is 0.841. The molecule has 120 valence electrons. The second-order valence-electron chi connectivity index (χ2n) is 6.26. The fourth-order valence-electron chi connectivity index (χ4n) is 3.48. The Balaban J connectivity index is 1.56. The maximum Gasteiger partial charge on any atom is 0.272 e. The number of β-amino-alcohol motifs (C(OH)–C–C–N with tert-alkyl or cyclic N) is 1. The van der Waals surface area contributed by atoms with E-state index in [1.54, 1.807) is 18.2 Å². The highest BCUT2D eigenvalue weighted by molar-refractivity contribution is 5.92. The average molecular weight is 304 g/mol. The summed E-state index contributed by atoms with van der Waals surface area (Å²) in [5, 5.41) is 9.80. The Morgan fingerprint density at radius 1 is 1.23 bits per heavy atom. The fourth-order valence-corrected chi connectivity index (χ4v) is 3.48. The van der Waals surface area contributed by atoms with Crippen LogP contribution in [0.2, 0.25) is 0 Å². The topological polar surface area (TPSA) is 82.7 Å². The van der Waals surface area contributed by atoms with Crippen LogP contribution in [0.15, 0.2) is 18.2 Å². The van der Waals surface area contributed by atoms with E-state index in [0.29, 0.717) is 17.6 Å². The maximum atomic E-state index is 12.4. The zero-order valence-electron chi connectivity index (χ0n) is 12.8. The second kappa shape index (κ2) is 6.62. The van der Waals surface area contributed by atoms with Crippen LogP contribution in [0.1, 0.15) is 36.2 Å². The second-order valence-corrected chi connectivity index (χ2v) is 6.26. The summed E-state index contributed by atoms with van der Waals surface area (Å²) in [4.78, 5) is 20.8. The molecule has 2 saturated heterocycles. The summed E-state index contributed by atoms with van der Waals surface area (Å²) in [7, 11) is 0. The first kappa shape index (κ1) is 15.2. The zero-order valence-corrected chi connectivity index (χ0v) is 12.8. The van der Waals surface area contributed by atoms with Crippen molar-refractivity contribution >= 4 is 11.7 Å². The van der Waals surface area contributed by atoms with Crippen LogP contribution in [0, 0.1) is 0 Å². The summed E-state index contributed by atoms with van der Waals surface area (Å²) in [5.74, 6) is 0.340. The Bertz CT molecular complexity index is 529. The molecule has 1 amide bonds. The van der Waals surface area contributed by atoms with Gasteiger partial charge in [0.2, 0.25) is 0 Å². The Kier molecular flexibility index (Phi) is 4.59. The molecular formula is C16H24N4O2. The zero-order chi connectivity index (χ0) is 15.5. The Hall–Kier alpha value is -1.66. The van der Waals surface area contributed by atoms with Crippen LogP contribution < -0.4 is 5.73 Å². The lowest BCUT2D eigenvalue weighted by molar-refractivity contribution is 0.0239. The van der Waals surface area contributed by atoms with Crippen LogP contribution in [0.3, 0.4) is 0 Å². The molecule has 0 bridgehead atoms. The number of carbonyl (C=O) groups excluding carboxylic acids is 1. The number of nitrogen functional groups attached to an aromatic ring is 1. The Morgan fingerprint density at radius 2 is 2.00 bits per heavy atom. The number of rotatable bonds is 2. The molecule has 0 saturated carbocycles. The molecule has 22 heavy (non-hydrogen) atoms. The van der Waals surface area contributed by atoms with E-state index in [4.69, 9.17) is 5.73 Å². The van der Waals surface area contributed by atoms with E-state index in [2.05, 4.69) is 9.88 Å². The molecule has 1 atom stereocenters. The number of hydrogen-bond donors (Lipinski definition) is 2. The molecule has 0 spiro atoms. The van der Waals surface area contributed by atoms with Gasteiger partial charge in [-0.2, -0.15) is 0 Å². The number of piperidine rings is 2. The lowest BCUT2D eigenvalue weighted by Gasteiger charge is -2.41. The molecule has 1 aromatic rings. The smallest absolute Gasteiger partial charge is 0.272 e. The molecule has 0 radical (unpaired) electrons. The third-order valence-electron chi connectivity index (χ3n) is 4.69. The van der Waals surface area contributed by atoms with E-state index in [9.17, 15) is 9.90 Å². The van der Waals surface area contributed by atoms with Gasteiger partial charge in [-0.25, -0.2) is 4.98 Å². The van der Waals surface area contributed by atoms with E-state index in [1.807, 2.05) is 4.90 Å². The first-order valence-electron chi connectivity index (χ1n) is 8.07. The highest BCUT2D eigenvalue weighted by Crippen LogP contribution is 2.22. The fraction of sp³-hybridized carbons (Fsp3) is 0.625. The number of aliphatic hydroxyl groups is 1. The van der Waals surface area contributed by atoms with Crippen LogP contribution >= 0.6 is 0 Å². The van der Waals surface area contributed by atoms with Gasteiger partial charge in [-0.3, -0.25) is 9.69 Å². The van der Waals surface area contributed by atoms with Gasteiger partial charge in [0.05, 0.1) is 6.10 Å². The standard InChI is InChI=1S/C16H24N4O2/c17-15-5-1-4-14(18-15)16(22)19-9-6-12(7-10-19)20-8-2-3-13(21)11-20/h1,4-5,12-13,21H,2-3,6-11H2,(H2,17,18)/t13-/m0/s1. The third-order valence-corrected chi connectivity index (χ3v) is 4.69. The van der Waals surface area contributed by atoms with Crippen LogP contribution in [0.4, 0.5) is 5.82 Å². The van der Waals surface area contributed by atoms with Crippen molar-refractivity contribution in [1.82, 2.24) is 14.8 Å². The van der Waals surface area contributed by atoms with Crippen LogP contribution in [0.25, 0.3) is 0 Å². The van der Waals surface area contributed by atoms with Crippen molar-refractivity contribution in [1.29, 1.82) is 0 Å². The molecule has 0 aliphatic carbocycles. The minimum atomic E-state index is -0.190. The number of amides is 1. The number of pyridine rings is 1. The van der Waals surface area contributed by atoms with Crippen LogP contribution in [-0.2, 0) is 0 Å². The molecule has 6 heteroatoms. The van der Waals surface area contributed by atoms with Gasteiger partial charge in [0, 0.05) is 25.7 Å². The Labute approximate surface area is 130 Å². The lowest BCUT2D eigenvalue weighted by Crippen LogP contribution is -2.50. The summed E-state index contributed by atoms with van der Waals surface area (Å²) in [6.07, 6.45) is 3.70. The van der Waals surface area contributed by atoms with E-state index in [-0.39, 0.29) is 12.0 Å². The number of nitrogens with zero attached hydrogens (tertiary/aromatic N) is 3. The Morgan fingerprint density at radius 3 is 2.68 bits per heavy atom. The molecule has 3 N–H and O–H groups in total. The minimum Gasteiger partial charge on any atom is -0.392 e. The van der Waals surface area contributed by atoms with Crippen molar-refractivity contribution in [3.63, 3.8) is 0 Å². The predicted octanol–water partition coefficient (Wildman–Crippen LogP) is 0.725. The molecular weight excluding hydrogens is 280 g/mol. The van der Waals surface area contributed by atoms with E-state index in [1.165, 1.54) is 0 Å². The van der Waals surface area contributed by atoms with Crippen molar-refractivity contribution < 1.29 is 9.90 Å². The molecule has 0 aromatic carbocycles. The number of anilines is 1. The number of aromatic nitrogens is 1. The average Bonchev–Trinajstić information content (AvgIpc) is 2.54. The summed E-state index contributed by atoms with van der Waals surface area (Å²) in [6.45, 7) is 3.32. The van der Waals surface area contributed by atoms with Crippen molar-refractivity contribution in [2.75, 3.05) is 31.9 Å². The maximum absolute atomic E-state index is 12.4. The normalized spacial score (nSPS) is 24.4. The summed E-state index contributed by atoms with van der Waals surface area (Å²) in [6, 6.07) is 5.64. The number of likely N-dealkylation sites (tertiary alicyclic amines) is 2. The van der Waals surface area contributed by atoms with E-state index >= 15 is 0 Å². The highest BCUT2D eigenvalue weighted by atomic mass is 16.3. The molecule has 0 unspecified atom stereocenters. The number of aliphatic hydroxyl groups excluding tert-OH is 1. The number of nitrogens with two attached hydrogens (primary N) is 1. The molecule has 2 aliphatic heterocycles. The third kappa shape index (κ3) is 3.39. The molecule has 1 aromatic heterocycles. The molecule has 3 rings (SSSR count). The van der Waals surface area contributed by atoms with Gasteiger partial charge in [-0.15, -0.1) is 0 Å². The van der Waals surface area contributed by atoms with Gasteiger partial charge in [-0.1, -0.05) is 6.07 Å². The molecule has 3 heterocycles. The van der Waals surface area contributed by atoms with Crippen LogP contribution in [0.5, 0.6) is 0 Å². The minimum absolute atomic E-state index is 0.0376. The van der Waals surface area contributed by atoms with Gasteiger partial charge in [0.15, 0.2) is 0 Å². The number of hydrogen-bond acceptors (Lipinski definition) is 5. The van der Waals surface area contributed by atoms with E-state index < -0.39 is 0 Å². The van der Waals surface area contributed by atoms with Gasteiger partial charge < -0.3 is 15.7 Å². The van der Waals surface area contributed by atoms with Crippen LogP contribution in [-0.4, -0.2) is 64.1 Å². The van der Waals surface area contributed by atoms with Gasteiger partial charge in [0.1, 0.15) is 11.5 Å². The SMILES string of the molecule is Nc1cccc(C(=O)N2CCC(N3CCC[C@H](O)C3)CC2)n1. The molecule has 6 nitrogen and oxygen atoms in total. The summed E-state index contributed by atoms with van der Waals surface area (Å²) >= 11 is 0. The first-order chi connectivity index (χ1) is 10.6. The van der Waals surface area contributed by atoms with E-state index in [0.717, 1.165) is 51.9 Å². The van der Waals surface area contributed by atoms with Gasteiger partial charge in [0.25, 0.3) is 5.91 Å². The lowest BCUT2D eigenvalue weighted by atomic mass is 9.99. The van der Waals surface area contributed by atoms with Crippen molar-refractivity contribution in [2.45, 2.75) is 37.8 Å². The van der Waals surface area contributed by atoms with Crippen molar-refractivity contribution in [3.05, 3.63) is 23.9 Å². The number of carbonyl (C=O) groups is 1.